The zero-order valence-electron chi connectivity index (χ0n) is 21.6. The monoisotopic (exact) mass is 526 g/mol. The molecule has 1 aliphatic heterocycles. The maximum atomic E-state index is 14.5. The van der Waals surface area contributed by atoms with E-state index in [1.54, 1.807) is 6.07 Å². The van der Waals surface area contributed by atoms with Gasteiger partial charge in [0.15, 0.2) is 0 Å². The van der Waals surface area contributed by atoms with E-state index < -0.39 is 17.0 Å². The number of nitrogens with zero attached hydrogens (tertiary/aromatic N) is 6. The summed E-state index contributed by atoms with van der Waals surface area (Å²) in [7, 11) is 0. The lowest BCUT2D eigenvalue weighted by molar-refractivity contribution is -0.00305. The van der Waals surface area contributed by atoms with Gasteiger partial charge in [-0.25, -0.2) is 13.5 Å². The normalized spacial score (nSPS) is 23.9. The van der Waals surface area contributed by atoms with Crippen LogP contribution in [0.15, 0.2) is 66.7 Å². The summed E-state index contributed by atoms with van der Waals surface area (Å²) in [5, 5.41) is 13.6. The maximum absolute atomic E-state index is 14.5. The Morgan fingerprint density at radius 2 is 1.87 bits per heavy atom. The van der Waals surface area contributed by atoms with Crippen LogP contribution in [0.5, 0.6) is 0 Å². The van der Waals surface area contributed by atoms with E-state index in [1.165, 1.54) is 18.2 Å². The van der Waals surface area contributed by atoms with Gasteiger partial charge in [0.2, 0.25) is 5.95 Å². The van der Waals surface area contributed by atoms with E-state index in [-0.39, 0.29) is 23.3 Å². The fourth-order valence-electron chi connectivity index (χ4n) is 6.70. The first kappa shape index (κ1) is 24.1. The first-order chi connectivity index (χ1) is 19.0. The molecule has 2 fully saturated rings. The number of halogens is 2. The number of benzene rings is 2. The van der Waals surface area contributed by atoms with Gasteiger partial charge in [0.05, 0.1) is 41.6 Å². The summed E-state index contributed by atoms with van der Waals surface area (Å²) >= 11 is 0. The van der Waals surface area contributed by atoms with Crippen molar-refractivity contribution >= 4 is 5.95 Å². The highest BCUT2D eigenvalue weighted by Gasteiger charge is 2.59. The summed E-state index contributed by atoms with van der Waals surface area (Å²) in [6.45, 7) is 8.87. The van der Waals surface area contributed by atoms with Crippen molar-refractivity contribution in [1.29, 1.82) is 0 Å². The number of rotatable bonds is 5. The second kappa shape index (κ2) is 9.05. The summed E-state index contributed by atoms with van der Waals surface area (Å²) in [6.07, 6.45) is 1.53. The smallest absolute Gasteiger partial charge is 0.224 e. The van der Waals surface area contributed by atoms with Crippen LogP contribution in [0.1, 0.15) is 41.4 Å². The third-order valence-corrected chi connectivity index (χ3v) is 8.49. The summed E-state index contributed by atoms with van der Waals surface area (Å²) in [5.41, 5.74) is 3.52. The molecule has 9 heteroatoms. The highest BCUT2D eigenvalue weighted by Crippen LogP contribution is 2.62. The van der Waals surface area contributed by atoms with E-state index in [0.717, 1.165) is 47.0 Å². The van der Waals surface area contributed by atoms with Gasteiger partial charge < -0.3 is 9.64 Å². The third kappa shape index (κ3) is 3.71. The number of anilines is 1. The molecule has 39 heavy (non-hydrogen) atoms. The molecule has 0 spiro atoms. The standard InChI is InChI=1S/C30H28F2N6O/c1-18-21-11-12-30(18,28-22(21)15-25(34-35-28)27-23(31)9-6-10-24(27)32)26-17-37(13-14-39-26)29-33-19(2)36-38(29)16-20-7-4-3-5-8-20/h3-10,15,21,26H,1,11-14,16-17H2,2H3/t21-,26-,30+/m1/s1. The quantitative estimate of drug-likeness (QED) is 0.343. The van der Waals surface area contributed by atoms with E-state index in [0.29, 0.717) is 26.2 Å². The van der Waals surface area contributed by atoms with Crippen LogP contribution in [-0.4, -0.2) is 50.8 Å². The molecule has 0 amide bonds. The second-order valence-corrected chi connectivity index (χ2v) is 10.6. The van der Waals surface area contributed by atoms with Crippen LogP contribution in [0.2, 0.25) is 0 Å². The minimum Gasteiger partial charge on any atom is -0.373 e. The Hall–Kier alpha value is -3.98. The van der Waals surface area contributed by atoms with Gasteiger partial charge in [-0.3, -0.25) is 0 Å². The molecule has 198 valence electrons. The molecule has 0 unspecified atom stereocenters. The zero-order chi connectivity index (χ0) is 26.7. The van der Waals surface area contributed by atoms with Crippen LogP contribution >= 0.6 is 0 Å². The molecule has 7 nitrogen and oxygen atoms in total. The topological polar surface area (TPSA) is 69.0 Å². The van der Waals surface area contributed by atoms with Crippen LogP contribution in [-0.2, 0) is 16.7 Å². The Balaban J connectivity index is 1.22. The summed E-state index contributed by atoms with van der Waals surface area (Å²) < 4.78 is 37.4. The third-order valence-electron chi connectivity index (χ3n) is 8.49. The van der Waals surface area contributed by atoms with Gasteiger partial charge in [0.1, 0.15) is 17.5 Å². The molecule has 0 N–H and O–H groups in total. The predicted molar refractivity (Wildman–Crippen MR) is 142 cm³/mol. The Morgan fingerprint density at radius 3 is 2.67 bits per heavy atom. The molecule has 7 rings (SSSR count). The van der Waals surface area contributed by atoms with Gasteiger partial charge >= 0.3 is 0 Å². The van der Waals surface area contributed by atoms with Crippen LogP contribution in [0.4, 0.5) is 14.7 Å². The van der Waals surface area contributed by atoms with Gasteiger partial charge in [-0.05, 0) is 49.1 Å². The predicted octanol–water partition coefficient (Wildman–Crippen LogP) is 4.96. The van der Waals surface area contributed by atoms with E-state index >= 15 is 0 Å². The van der Waals surface area contributed by atoms with E-state index in [2.05, 4.69) is 38.9 Å². The van der Waals surface area contributed by atoms with Gasteiger partial charge in [0.25, 0.3) is 0 Å². The molecule has 2 aliphatic carbocycles. The number of fused-ring (bicyclic) bond motifs is 5. The molecular weight excluding hydrogens is 498 g/mol. The van der Waals surface area contributed by atoms with Crippen molar-refractivity contribution in [2.75, 3.05) is 24.6 Å². The first-order valence-corrected chi connectivity index (χ1v) is 13.3. The van der Waals surface area contributed by atoms with Crippen molar-refractivity contribution < 1.29 is 13.5 Å². The van der Waals surface area contributed by atoms with Gasteiger partial charge in [-0.2, -0.15) is 15.2 Å². The van der Waals surface area contributed by atoms with Gasteiger partial charge in [-0.1, -0.05) is 48.6 Å². The SMILES string of the molecule is C=C1[C@H]2CC[C@]1([C@H]1CN(c3nc(C)nn3Cc3ccccc3)CCO1)c1nnc(-c3c(F)cccc3F)cc12. The van der Waals surface area contributed by atoms with Crippen molar-refractivity contribution in [1.82, 2.24) is 25.0 Å². The zero-order valence-corrected chi connectivity index (χ0v) is 21.6. The van der Waals surface area contributed by atoms with E-state index in [4.69, 9.17) is 9.72 Å². The number of aromatic nitrogens is 5. The van der Waals surface area contributed by atoms with Crippen LogP contribution in [0.25, 0.3) is 11.3 Å². The van der Waals surface area contributed by atoms with E-state index in [9.17, 15) is 8.78 Å². The van der Waals surface area contributed by atoms with Crippen LogP contribution in [0.3, 0.4) is 0 Å². The number of ether oxygens (including phenoxy) is 1. The molecule has 3 atom stereocenters. The largest absolute Gasteiger partial charge is 0.373 e. The molecule has 3 heterocycles. The van der Waals surface area contributed by atoms with Crippen molar-refractivity contribution in [3.8, 4) is 11.3 Å². The molecule has 2 aromatic heterocycles. The lowest BCUT2D eigenvalue weighted by atomic mass is 9.75. The Labute approximate surface area is 225 Å². The van der Waals surface area contributed by atoms with Crippen molar-refractivity contribution in [3.05, 3.63) is 101 Å². The summed E-state index contributed by atoms with van der Waals surface area (Å²) in [4.78, 5) is 7.01. The molecule has 0 radical (unpaired) electrons. The molecule has 1 saturated carbocycles. The lowest BCUT2D eigenvalue weighted by Gasteiger charge is -2.42. The molecular formula is C30H28F2N6O. The molecule has 2 bridgehead atoms. The second-order valence-electron chi connectivity index (χ2n) is 10.6. The molecule has 4 aromatic rings. The van der Waals surface area contributed by atoms with Crippen LogP contribution < -0.4 is 4.90 Å². The van der Waals surface area contributed by atoms with Crippen LogP contribution in [0, 0.1) is 18.6 Å². The Kier molecular flexibility index (Phi) is 5.59. The first-order valence-electron chi connectivity index (χ1n) is 13.3. The number of hydrogen-bond acceptors (Lipinski definition) is 6. The highest BCUT2D eigenvalue weighted by molar-refractivity contribution is 5.65. The lowest BCUT2D eigenvalue weighted by Crippen LogP contribution is -2.53. The number of morpholine rings is 1. The minimum absolute atomic E-state index is 0.0621. The van der Waals surface area contributed by atoms with Crippen molar-refractivity contribution in [3.63, 3.8) is 0 Å². The van der Waals surface area contributed by atoms with Gasteiger partial charge in [-0.15, -0.1) is 5.10 Å². The van der Waals surface area contributed by atoms with Gasteiger partial charge in [0, 0.05) is 19.0 Å². The Morgan fingerprint density at radius 1 is 1.08 bits per heavy atom. The summed E-state index contributed by atoms with van der Waals surface area (Å²) in [6, 6.07) is 15.8. The van der Waals surface area contributed by atoms with Crippen molar-refractivity contribution in [2.24, 2.45) is 0 Å². The van der Waals surface area contributed by atoms with E-state index in [1.807, 2.05) is 29.8 Å². The molecule has 2 aromatic carbocycles. The molecule has 1 saturated heterocycles. The average Bonchev–Trinajstić information content (AvgIpc) is 3.56. The average molecular weight is 527 g/mol. The number of hydrogen-bond donors (Lipinski definition) is 0. The highest BCUT2D eigenvalue weighted by atomic mass is 19.1. The minimum atomic E-state index is -0.651. The molecule has 3 aliphatic rings. The maximum Gasteiger partial charge on any atom is 0.224 e. The Bertz CT molecular complexity index is 1570. The fraction of sp³-hybridized carbons (Fsp3) is 0.333. The summed E-state index contributed by atoms with van der Waals surface area (Å²) in [5.74, 6) is 0.296. The number of aryl methyl sites for hydroxylation is 1. The van der Waals surface area contributed by atoms with Crippen molar-refractivity contribution in [2.45, 2.75) is 43.7 Å². The fourth-order valence-corrected chi connectivity index (χ4v) is 6.70.